The van der Waals surface area contributed by atoms with Crippen molar-refractivity contribution in [3.63, 3.8) is 0 Å². The summed E-state index contributed by atoms with van der Waals surface area (Å²) in [6.45, 7) is 2.16. The Kier molecular flexibility index (Phi) is 5.63. The van der Waals surface area contributed by atoms with Crippen LogP contribution >= 0.6 is 15.9 Å². The highest BCUT2D eigenvalue weighted by Crippen LogP contribution is 2.26. The number of halogens is 1. The average Bonchev–Trinajstić information content (AvgIpc) is 2.92. The number of amides is 1. The quantitative estimate of drug-likeness (QED) is 0.673. The standard InChI is InChI=1S/C14H16BrNO6/c1-7(17)16-13-9(14(20)10(15)6-11(13)19)4-8(18)5-12-21-2-3-22-12/h6,8,12,18H,2-5H2,1H3,(H,16,17). The first-order valence-electron chi connectivity index (χ1n) is 6.76. The number of ketones is 2. The van der Waals surface area contributed by atoms with Crippen LogP contribution in [0.15, 0.2) is 21.8 Å². The fraction of sp³-hybridized carbons (Fsp3) is 0.500. The van der Waals surface area contributed by atoms with E-state index in [4.69, 9.17) is 9.47 Å². The van der Waals surface area contributed by atoms with Gasteiger partial charge in [-0.15, -0.1) is 0 Å². The Balaban J connectivity index is 2.15. The second-order valence-electron chi connectivity index (χ2n) is 4.99. The number of rotatable bonds is 5. The minimum atomic E-state index is -0.933. The number of ether oxygens (including phenoxy) is 2. The molecule has 0 spiro atoms. The van der Waals surface area contributed by atoms with Crippen LogP contribution in [0.3, 0.4) is 0 Å². The summed E-state index contributed by atoms with van der Waals surface area (Å²) in [5, 5.41) is 12.5. The number of Topliss-reactive ketones (excluding diaryl/α,β-unsaturated/α-hetero) is 1. The third-order valence-electron chi connectivity index (χ3n) is 3.19. The van der Waals surface area contributed by atoms with E-state index in [-0.39, 0.29) is 28.6 Å². The second kappa shape index (κ2) is 7.28. The fourth-order valence-electron chi connectivity index (χ4n) is 2.25. The van der Waals surface area contributed by atoms with Gasteiger partial charge in [0.2, 0.25) is 11.7 Å². The van der Waals surface area contributed by atoms with Crippen LogP contribution in [0.4, 0.5) is 0 Å². The molecule has 1 aliphatic heterocycles. The molecule has 2 N–H and O–H groups in total. The van der Waals surface area contributed by atoms with Crippen LogP contribution in [0.5, 0.6) is 0 Å². The van der Waals surface area contributed by atoms with Crippen LogP contribution < -0.4 is 5.32 Å². The largest absolute Gasteiger partial charge is 0.393 e. The molecule has 0 aromatic heterocycles. The van der Waals surface area contributed by atoms with Crippen LogP contribution in [0.1, 0.15) is 19.8 Å². The molecule has 0 aromatic carbocycles. The van der Waals surface area contributed by atoms with E-state index in [1.807, 2.05) is 0 Å². The van der Waals surface area contributed by atoms with Gasteiger partial charge in [0, 0.05) is 31.4 Å². The normalized spacial score (nSPS) is 21.1. The lowest BCUT2D eigenvalue weighted by Crippen LogP contribution is -2.32. The van der Waals surface area contributed by atoms with Crippen LogP contribution in [-0.2, 0) is 23.9 Å². The van der Waals surface area contributed by atoms with E-state index in [0.29, 0.717) is 13.2 Å². The lowest BCUT2D eigenvalue weighted by molar-refractivity contribution is -0.121. The van der Waals surface area contributed by atoms with Gasteiger partial charge in [-0.3, -0.25) is 14.4 Å². The molecule has 120 valence electrons. The number of carbonyl (C=O) groups excluding carboxylic acids is 3. The van der Waals surface area contributed by atoms with Crippen molar-refractivity contribution in [3.8, 4) is 0 Å². The molecule has 1 amide bonds. The Bertz CT molecular complexity index is 562. The predicted octanol–water partition coefficient (Wildman–Crippen LogP) is 0.321. The zero-order valence-electron chi connectivity index (χ0n) is 11.9. The maximum Gasteiger partial charge on any atom is 0.221 e. The summed E-state index contributed by atoms with van der Waals surface area (Å²) in [6, 6.07) is 0. The monoisotopic (exact) mass is 373 g/mol. The Morgan fingerprint density at radius 3 is 2.68 bits per heavy atom. The van der Waals surface area contributed by atoms with Crippen molar-refractivity contribution in [1.29, 1.82) is 0 Å². The fourth-order valence-corrected chi connectivity index (χ4v) is 2.70. The van der Waals surface area contributed by atoms with Crippen LogP contribution in [0, 0.1) is 0 Å². The van der Waals surface area contributed by atoms with Crippen molar-refractivity contribution in [2.75, 3.05) is 13.2 Å². The number of nitrogens with one attached hydrogen (secondary N) is 1. The summed E-state index contributed by atoms with van der Waals surface area (Å²) in [4.78, 5) is 35.4. The van der Waals surface area contributed by atoms with E-state index >= 15 is 0 Å². The number of hydrogen-bond acceptors (Lipinski definition) is 6. The van der Waals surface area contributed by atoms with Gasteiger partial charge in [0.05, 0.1) is 29.5 Å². The molecule has 1 fully saturated rings. The topological polar surface area (TPSA) is 102 Å². The summed E-state index contributed by atoms with van der Waals surface area (Å²) in [6.07, 6.45) is -0.246. The molecule has 1 unspecified atom stereocenters. The molecule has 0 saturated carbocycles. The minimum Gasteiger partial charge on any atom is -0.393 e. The molecule has 22 heavy (non-hydrogen) atoms. The van der Waals surface area contributed by atoms with E-state index in [1.54, 1.807) is 0 Å². The van der Waals surface area contributed by atoms with Crippen LogP contribution in [0.25, 0.3) is 0 Å². The van der Waals surface area contributed by atoms with Crippen molar-refractivity contribution < 1.29 is 29.0 Å². The van der Waals surface area contributed by atoms with Gasteiger partial charge in [0.1, 0.15) is 0 Å². The Labute approximate surface area is 135 Å². The third kappa shape index (κ3) is 4.10. The first-order valence-corrected chi connectivity index (χ1v) is 7.56. The molecular formula is C14H16BrNO6. The summed E-state index contributed by atoms with van der Waals surface area (Å²) < 4.78 is 10.6. The maximum atomic E-state index is 12.2. The van der Waals surface area contributed by atoms with Gasteiger partial charge in [-0.05, 0) is 15.9 Å². The van der Waals surface area contributed by atoms with E-state index < -0.39 is 29.9 Å². The summed E-state index contributed by atoms with van der Waals surface area (Å²) in [7, 11) is 0. The maximum absolute atomic E-state index is 12.2. The van der Waals surface area contributed by atoms with Crippen molar-refractivity contribution in [2.24, 2.45) is 0 Å². The van der Waals surface area contributed by atoms with E-state index in [0.717, 1.165) is 6.08 Å². The number of carbonyl (C=O) groups is 3. The van der Waals surface area contributed by atoms with Gasteiger partial charge in [0.25, 0.3) is 0 Å². The molecule has 2 aliphatic rings. The van der Waals surface area contributed by atoms with Crippen molar-refractivity contribution in [3.05, 3.63) is 21.8 Å². The van der Waals surface area contributed by atoms with E-state index in [2.05, 4.69) is 21.2 Å². The molecule has 1 heterocycles. The molecule has 7 nitrogen and oxygen atoms in total. The second-order valence-corrected chi connectivity index (χ2v) is 5.84. The predicted molar refractivity (Wildman–Crippen MR) is 78.8 cm³/mol. The molecule has 8 heteroatoms. The summed E-state index contributed by atoms with van der Waals surface area (Å²) in [5.41, 5.74) is -0.0203. The first kappa shape index (κ1) is 17.0. The van der Waals surface area contributed by atoms with Crippen molar-refractivity contribution >= 4 is 33.4 Å². The zero-order valence-corrected chi connectivity index (χ0v) is 13.5. The van der Waals surface area contributed by atoms with Gasteiger partial charge >= 0.3 is 0 Å². The SMILES string of the molecule is CC(=O)NC1=C(CC(O)CC2OCCO2)C(=O)C(Br)=CC1=O. The lowest BCUT2D eigenvalue weighted by Gasteiger charge is -2.20. The third-order valence-corrected chi connectivity index (χ3v) is 3.78. The molecular weight excluding hydrogens is 358 g/mol. The van der Waals surface area contributed by atoms with Gasteiger partial charge in [-0.25, -0.2) is 0 Å². The molecule has 0 bridgehead atoms. The summed E-state index contributed by atoms with van der Waals surface area (Å²) >= 11 is 3.02. The molecule has 0 aromatic rings. The Morgan fingerprint density at radius 2 is 2.09 bits per heavy atom. The zero-order chi connectivity index (χ0) is 16.3. The van der Waals surface area contributed by atoms with E-state index in [1.165, 1.54) is 6.92 Å². The Morgan fingerprint density at radius 1 is 1.45 bits per heavy atom. The number of allylic oxidation sites excluding steroid dienone is 2. The highest BCUT2D eigenvalue weighted by Gasteiger charge is 2.30. The number of aliphatic hydroxyl groups is 1. The molecule has 1 atom stereocenters. The van der Waals surface area contributed by atoms with Gasteiger partial charge in [-0.1, -0.05) is 0 Å². The van der Waals surface area contributed by atoms with Gasteiger partial charge in [0.15, 0.2) is 12.1 Å². The molecule has 1 aliphatic carbocycles. The highest BCUT2D eigenvalue weighted by molar-refractivity contribution is 9.12. The van der Waals surface area contributed by atoms with Gasteiger partial charge in [-0.2, -0.15) is 0 Å². The Hall–Kier alpha value is -1.35. The highest BCUT2D eigenvalue weighted by atomic mass is 79.9. The number of aliphatic hydroxyl groups excluding tert-OH is 1. The lowest BCUT2D eigenvalue weighted by atomic mass is 9.94. The van der Waals surface area contributed by atoms with Crippen molar-refractivity contribution in [2.45, 2.75) is 32.2 Å². The van der Waals surface area contributed by atoms with Crippen LogP contribution in [0.2, 0.25) is 0 Å². The van der Waals surface area contributed by atoms with Crippen LogP contribution in [-0.4, -0.2) is 48.2 Å². The average molecular weight is 374 g/mol. The van der Waals surface area contributed by atoms with Crippen molar-refractivity contribution in [1.82, 2.24) is 5.32 Å². The minimum absolute atomic E-state index is 0.0695. The molecule has 1 saturated heterocycles. The van der Waals surface area contributed by atoms with E-state index in [9.17, 15) is 19.5 Å². The smallest absolute Gasteiger partial charge is 0.221 e. The molecule has 2 rings (SSSR count). The molecule has 0 radical (unpaired) electrons. The van der Waals surface area contributed by atoms with Gasteiger partial charge < -0.3 is 19.9 Å². The summed E-state index contributed by atoms with van der Waals surface area (Å²) in [5.74, 6) is -1.38. The number of hydrogen-bond donors (Lipinski definition) is 2. The first-order chi connectivity index (χ1) is 10.4.